The molecule has 1 aromatic heterocycles. The van der Waals surface area contributed by atoms with Crippen LogP contribution >= 0.6 is 0 Å². The van der Waals surface area contributed by atoms with Crippen LogP contribution in [0.5, 0.6) is 11.5 Å². The zero-order valence-corrected chi connectivity index (χ0v) is 15.2. The fourth-order valence-corrected chi connectivity index (χ4v) is 2.54. The quantitative estimate of drug-likeness (QED) is 0.497. The third-order valence-corrected chi connectivity index (χ3v) is 3.80. The molecule has 0 saturated heterocycles. The number of rotatable bonds is 3. The Bertz CT molecular complexity index is 859. The highest BCUT2D eigenvalue weighted by Gasteiger charge is 2.09. The van der Waals surface area contributed by atoms with Crippen LogP contribution in [0.2, 0.25) is 0 Å². The van der Waals surface area contributed by atoms with Gasteiger partial charge in [0.1, 0.15) is 7.05 Å². The molecule has 1 heterocycles. The summed E-state index contributed by atoms with van der Waals surface area (Å²) in [5.74, 6) is 0.634. The molecule has 0 bridgehead atoms. The number of phenols is 1. The van der Waals surface area contributed by atoms with Crippen LogP contribution in [0, 0.1) is 0 Å². The molecular formula is C19H18INO2. The van der Waals surface area contributed by atoms with Crippen molar-refractivity contribution in [2.24, 2.45) is 7.05 Å². The Kier molecular flexibility index (Phi) is 5.60. The molecule has 0 atom stereocenters. The van der Waals surface area contributed by atoms with E-state index in [9.17, 15) is 5.11 Å². The third kappa shape index (κ3) is 3.47. The van der Waals surface area contributed by atoms with E-state index in [0.717, 1.165) is 11.3 Å². The maximum atomic E-state index is 10.1. The Morgan fingerprint density at radius 2 is 1.74 bits per heavy atom. The van der Waals surface area contributed by atoms with Gasteiger partial charge in [-0.1, -0.05) is 24.3 Å². The van der Waals surface area contributed by atoms with Crippen LogP contribution in [0.15, 0.2) is 54.6 Å². The number of ether oxygens (including phenoxy) is 1. The first-order chi connectivity index (χ1) is 10.7. The van der Waals surface area contributed by atoms with E-state index in [4.69, 9.17) is 4.74 Å². The summed E-state index contributed by atoms with van der Waals surface area (Å²) in [4.78, 5) is 0. The number of fused-ring (bicyclic) bond motifs is 1. The van der Waals surface area contributed by atoms with E-state index in [1.807, 2.05) is 43.5 Å². The van der Waals surface area contributed by atoms with Gasteiger partial charge in [0.25, 0.3) is 0 Å². The number of aromatic nitrogens is 1. The Balaban J connectivity index is 0.00000192. The zero-order valence-electron chi connectivity index (χ0n) is 13.0. The number of pyridine rings is 1. The summed E-state index contributed by atoms with van der Waals surface area (Å²) in [7, 11) is 3.58. The van der Waals surface area contributed by atoms with Crippen LogP contribution in [0.3, 0.4) is 0 Å². The monoisotopic (exact) mass is 419 g/mol. The Hall–Kier alpha value is -2.08. The Labute approximate surface area is 152 Å². The molecule has 0 aliphatic heterocycles. The highest BCUT2D eigenvalue weighted by Crippen LogP contribution is 2.30. The molecule has 0 aliphatic rings. The normalized spacial score (nSPS) is 10.7. The van der Waals surface area contributed by atoms with Gasteiger partial charge < -0.3 is 33.8 Å². The number of nitrogens with zero attached hydrogens (tertiary/aromatic N) is 1. The van der Waals surface area contributed by atoms with Crippen LogP contribution in [0.25, 0.3) is 23.1 Å². The van der Waals surface area contributed by atoms with Crippen molar-refractivity contribution in [2.45, 2.75) is 0 Å². The van der Waals surface area contributed by atoms with Crippen molar-refractivity contribution in [2.75, 3.05) is 7.11 Å². The van der Waals surface area contributed by atoms with Gasteiger partial charge in [-0.2, -0.15) is 4.57 Å². The maximum absolute atomic E-state index is 10.1. The lowest BCUT2D eigenvalue weighted by atomic mass is 10.1. The van der Waals surface area contributed by atoms with Crippen LogP contribution < -0.4 is 33.3 Å². The number of hydrogen-bond acceptors (Lipinski definition) is 2. The molecule has 0 aliphatic carbocycles. The first kappa shape index (κ1) is 17.3. The summed E-state index contributed by atoms with van der Waals surface area (Å²) in [6.07, 6.45) is 3.88. The predicted molar refractivity (Wildman–Crippen MR) is 88.7 cm³/mol. The summed E-state index contributed by atoms with van der Waals surface area (Å²) in [5, 5.41) is 11.3. The minimum Gasteiger partial charge on any atom is -1.00 e. The number of halogens is 1. The second kappa shape index (κ2) is 7.46. The van der Waals surface area contributed by atoms with E-state index in [1.165, 1.54) is 10.9 Å². The second-order valence-corrected chi connectivity index (χ2v) is 5.11. The smallest absolute Gasteiger partial charge is 0.212 e. The summed E-state index contributed by atoms with van der Waals surface area (Å²) in [6, 6.07) is 17.9. The Morgan fingerprint density at radius 1 is 0.957 bits per heavy atom. The van der Waals surface area contributed by atoms with Crippen molar-refractivity contribution in [1.29, 1.82) is 0 Å². The van der Waals surface area contributed by atoms with Crippen molar-refractivity contribution in [3.63, 3.8) is 0 Å². The molecule has 3 aromatic rings. The van der Waals surface area contributed by atoms with Crippen LogP contribution in [0.1, 0.15) is 11.3 Å². The van der Waals surface area contributed by atoms with Crippen molar-refractivity contribution in [1.82, 2.24) is 0 Å². The molecule has 0 radical (unpaired) electrons. The number of methoxy groups -OCH3 is 1. The number of benzene rings is 2. The standard InChI is InChI=1S/C19H17NO2.HI/c1-20-16(12-10-14-6-3-4-8-17(14)20)13-11-15-7-5-9-18(22-2)19(15)21;/h3-13H,1-2H3;1H. The van der Waals surface area contributed by atoms with Gasteiger partial charge >= 0.3 is 0 Å². The highest BCUT2D eigenvalue weighted by atomic mass is 127. The van der Waals surface area contributed by atoms with Gasteiger partial charge in [-0.05, 0) is 24.3 Å². The topological polar surface area (TPSA) is 33.3 Å². The molecule has 3 nitrogen and oxygen atoms in total. The minimum absolute atomic E-state index is 0. The Morgan fingerprint density at radius 3 is 2.52 bits per heavy atom. The number of hydrogen-bond donors (Lipinski definition) is 1. The van der Waals surface area contributed by atoms with Crippen LogP contribution in [-0.2, 0) is 7.05 Å². The number of aryl methyl sites for hydroxylation is 1. The van der Waals surface area contributed by atoms with Gasteiger partial charge in [-0.15, -0.1) is 0 Å². The SMILES string of the molecule is COc1cccc(/C=C/c2ccc3ccccc3[n+]2C)c1O.[I-]. The van der Waals surface area contributed by atoms with Crippen molar-refractivity contribution < 1.29 is 38.4 Å². The van der Waals surface area contributed by atoms with Crippen LogP contribution in [0.4, 0.5) is 0 Å². The number of para-hydroxylation sites is 2. The van der Waals surface area contributed by atoms with Gasteiger partial charge in [0.05, 0.1) is 7.11 Å². The average molecular weight is 419 g/mol. The lowest BCUT2D eigenvalue weighted by molar-refractivity contribution is -0.646. The van der Waals surface area contributed by atoms with E-state index in [1.54, 1.807) is 13.2 Å². The molecule has 2 aromatic carbocycles. The lowest BCUT2D eigenvalue weighted by Crippen LogP contribution is -3.00. The predicted octanol–water partition coefficient (Wildman–Crippen LogP) is 0.553. The van der Waals surface area contributed by atoms with Gasteiger partial charge in [-0.25, -0.2) is 0 Å². The molecule has 1 N–H and O–H groups in total. The molecule has 0 fully saturated rings. The number of aromatic hydroxyl groups is 1. The summed E-state index contributed by atoms with van der Waals surface area (Å²) in [5.41, 5.74) is 2.95. The van der Waals surface area contributed by atoms with E-state index in [-0.39, 0.29) is 29.7 Å². The first-order valence-corrected chi connectivity index (χ1v) is 7.12. The van der Waals surface area contributed by atoms with Crippen molar-refractivity contribution in [3.8, 4) is 11.5 Å². The molecule has 118 valence electrons. The van der Waals surface area contributed by atoms with E-state index >= 15 is 0 Å². The molecule has 4 heteroatoms. The number of phenolic OH excluding ortho intramolecular Hbond substituents is 1. The molecule has 3 rings (SSSR count). The molecule has 23 heavy (non-hydrogen) atoms. The minimum atomic E-state index is 0. The summed E-state index contributed by atoms with van der Waals surface area (Å²) < 4.78 is 7.26. The fraction of sp³-hybridized carbons (Fsp3) is 0.105. The van der Waals surface area contributed by atoms with Crippen molar-refractivity contribution >= 4 is 23.1 Å². The highest BCUT2D eigenvalue weighted by molar-refractivity contribution is 5.78. The molecule has 0 amide bonds. The van der Waals surface area contributed by atoms with E-state index < -0.39 is 0 Å². The zero-order chi connectivity index (χ0) is 15.5. The van der Waals surface area contributed by atoms with Gasteiger partial charge in [-0.3, -0.25) is 0 Å². The third-order valence-electron chi connectivity index (χ3n) is 3.80. The van der Waals surface area contributed by atoms with Crippen LogP contribution in [-0.4, -0.2) is 12.2 Å². The molecular weight excluding hydrogens is 401 g/mol. The first-order valence-electron chi connectivity index (χ1n) is 7.12. The van der Waals surface area contributed by atoms with Gasteiger partial charge in [0.15, 0.2) is 11.5 Å². The summed E-state index contributed by atoms with van der Waals surface area (Å²) in [6.45, 7) is 0. The largest absolute Gasteiger partial charge is 1.00 e. The molecule has 0 saturated carbocycles. The molecule has 0 unspecified atom stereocenters. The van der Waals surface area contributed by atoms with E-state index in [2.05, 4.69) is 28.8 Å². The maximum Gasteiger partial charge on any atom is 0.212 e. The second-order valence-electron chi connectivity index (χ2n) is 5.11. The average Bonchev–Trinajstić information content (AvgIpc) is 2.56. The lowest BCUT2D eigenvalue weighted by Gasteiger charge is -2.05. The summed E-state index contributed by atoms with van der Waals surface area (Å²) >= 11 is 0. The van der Waals surface area contributed by atoms with Gasteiger partial charge in [0.2, 0.25) is 11.2 Å². The molecule has 0 spiro atoms. The fourth-order valence-electron chi connectivity index (χ4n) is 2.54. The van der Waals surface area contributed by atoms with E-state index in [0.29, 0.717) is 5.75 Å². The van der Waals surface area contributed by atoms with Gasteiger partial charge in [0, 0.05) is 29.2 Å². The van der Waals surface area contributed by atoms with Crippen molar-refractivity contribution in [3.05, 3.63) is 65.9 Å².